The van der Waals surface area contributed by atoms with Crippen molar-refractivity contribution < 1.29 is 17.6 Å². The molecular weight excluding hydrogens is 402 g/mol. The third-order valence-corrected chi connectivity index (χ3v) is 7.27. The molecule has 0 saturated carbocycles. The van der Waals surface area contributed by atoms with E-state index >= 15 is 0 Å². The molecule has 1 amide bonds. The Bertz CT molecular complexity index is 1250. The molecule has 1 aliphatic rings. The van der Waals surface area contributed by atoms with Gasteiger partial charge in [-0.1, -0.05) is 43.3 Å². The second kappa shape index (κ2) is 8.07. The van der Waals surface area contributed by atoms with Gasteiger partial charge in [0.15, 0.2) is 21.0 Å². The summed E-state index contributed by atoms with van der Waals surface area (Å²) in [4.78, 5) is 27.5. The highest BCUT2D eigenvalue weighted by Crippen LogP contribution is 2.23. The number of carbonyl (C=O) groups excluding carboxylic acids is 1. The molecule has 0 radical (unpaired) electrons. The number of sulfone groups is 1. The third kappa shape index (κ3) is 4.16. The highest BCUT2D eigenvalue weighted by molar-refractivity contribution is 7.91. The van der Waals surface area contributed by atoms with Crippen molar-refractivity contribution in [2.75, 3.05) is 11.5 Å². The molecule has 1 saturated heterocycles. The van der Waals surface area contributed by atoms with Gasteiger partial charge in [-0.25, -0.2) is 8.42 Å². The standard InChI is InChI=1S/C23H23NO5S/c1-2-16-8-9-21-19(12-16)20(25)13-22(29-21)23(26)24(14-17-6-4-3-5-7-17)18-10-11-30(27,28)15-18/h3-9,12-13,18H,2,10-11,14-15H2,1H3/t18-/m0/s1. The molecule has 2 heterocycles. The van der Waals surface area contributed by atoms with Crippen molar-refractivity contribution in [3.8, 4) is 0 Å². The number of fused-ring (bicyclic) bond motifs is 1. The lowest BCUT2D eigenvalue weighted by atomic mass is 10.1. The molecule has 156 valence electrons. The molecule has 0 N–H and O–H groups in total. The molecule has 1 atom stereocenters. The lowest BCUT2D eigenvalue weighted by Gasteiger charge is -2.28. The Balaban J connectivity index is 1.73. The maximum atomic E-state index is 13.4. The average Bonchev–Trinajstić information content (AvgIpc) is 3.11. The minimum atomic E-state index is -3.19. The van der Waals surface area contributed by atoms with Gasteiger partial charge in [0.1, 0.15) is 5.58 Å². The van der Waals surface area contributed by atoms with Gasteiger partial charge in [0.25, 0.3) is 5.91 Å². The van der Waals surface area contributed by atoms with Gasteiger partial charge < -0.3 is 9.32 Å². The molecule has 6 nitrogen and oxygen atoms in total. The van der Waals surface area contributed by atoms with Crippen LogP contribution >= 0.6 is 0 Å². The van der Waals surface area contributed by atoms with Crippen molar-refractivity contribution >= 4 is 26.7 Å². The fourth-order valence-electron chi connectivity index (χ4n) is 3.84. The second-order valence-corrected chi connectivity index (χ2v) is 9.86. The molecule has 0 aliphatic carbocycles. The molecule has 1 fully saturated rings. The predicted octanol–water partition coefficient (Wildman–Crippen LogP) is 3.18. The van der Waals surface area contributed by atoms with Crippen LogP contribution in [-0.2, 0) is 22.8 Å². The van der Waals surface area contributed by atoms with Crippen molar-refractivity contribution in [3.05, 3.63) is 81.7 Å². The Hall–Kier alpha value is -2.93. The first kappa shape index (κ1) is 20.3. The Morgan fingerprint density at radius 3 is 2.53 bits per heavy atom. The fourth-order valence-corrected chi connectivity index (χ4v) is 5.57. The van der Waals surface area contributed by atoms with Crippen molar-refractivity contribution in [2.45, 2.75) is 32.4 Å². The van der Waals surface area contributed by atoms with Crippen LogP contribution in [-0.4, -0.2) is 36.8 Å². The van der Waals surface area contributed by atoms with Crippen LogP contribution in [0.25, 0.3) is 11.0 Å². The number of nitrogens with zero attached hydrogens (tertiary/aromatic N) is 1. The van der Waals surface area contributed by atoms with Crippen molar-refractivity contribution in [2.24, 2.45) is 0 Å². The molecule has 2 aromatic carbocycles. The first-order valence-corrected chi connectivity index (χ1v) is 11.8. The molecule has 1 aliphatic heterocycles. The zero-order chi connectivity index (χ0) is 21.3. The number of carbonyl (C=O) groups is 1. The van der Waals surface area contributed by atoms with Crippen LogP contribution in [0.2, 0.25) is 0 Å². The molecule has 7 heteroatoms. The van der Waals surface area contributed by atoms with Crippen LogP contribution < -0.4 is 5.43 Å². The molecule has 0 spiro atoms. The zero-order valence-corrected chi connectivity index (χ0v) is 17.5. The summed E-state index contributed by atoms with van der Waals surface area (Å²) in [7, 11) is -3.19. The highest BCUT2D eigenvalue weighted by Gasteiger charge is 2.36. The molecule has 30 heavy (non-hydrogen) atoms. The monoisotopic (exact) mass is 425 g/mol. The quantitative estimate of drug-likeness (QED) is 0.627. The van der Waals surface area contributed by atoms with Crippen molar-refractivity contribution in [1.82, 2.24) is 4.90 Å². The number of aryl methyl sites for hydroxylation is 1. The smallest absolute Gasteiger partial charge is 0.290 e. The maximum Gasteiger partial charge on any atom is 0.290 e. The minimum absolute atomic E-state index is 0.0533. The van der Waals surface area contributed by atoms with Crippen LogP contribution in [0.15, 0.2) is 63.8 Å². The van der Waals surface area contributed by atoms with Crippen LogP contribution in [0, 0.1) is 0 Å². The van der Waals surface area contributed by atoms with Gasteiger partial charge in [-0.2, -0.15) is 0 Å². The van der Waals surface area contributed by atoms with E-state index in [2.05, 4.69) is 0 Å². The van der Waals surface area contributed by atoms with Gasteiger partial charge in [-0.3, -0.25) is 9.59 Å². The van der Waals surface area contributed by atoms with E-state index in [0.29, 0.717) is 17.4 Å². The average molecular weight is 426 g/mol. The van der Waals surface area contributed by atoms with Gasteiger partial charge in [0.2, 0.25) is 0 Å². The molecule has 1 aromatic heterocycles. The van der Waals surface area contributed by atoms with Gasteiger partial charge in [-0.05, 0) is 36.1 Å². The normalized spacial score (nSPS) is 17.8. The Morgan fingerprint density at radius 2 is 1.87 bits per heavy atom. The highest BCUT2D eigenvalue weighted by atomic mass is 32.2. The van der Waals surface area contributed by atoms with Crippen molar-refractivity contribution in [3.63, 3.8) is 0 Å². The summed E-state index contributed by atoms with van der Waals surface area (Å²) in [6, 6.07) is 15.5. The fraction of sp³-hybridized carbons (Fsp3) is 0.304. The summed E-state index contributed by atoms with van der Waals surface area (Å²) in [5.41, 5.74) is 1.96. The maximum absolute atomic E-state index is 13.4. The Kier molecular flexibility index (Phi) is 5.47. The van der Waals surface area contributed by atoms with E-state index < -0.39 is 21.8 Å². The molecule has 4 rings (SSSR count). The number of hydrogen-bond donors (Lipinski definition) is 0. The number of amides is 1. The number of hydrogen-bond acceptors (Lipinski definition) is 5. The van der Waals surface area contributed by atoms with Crippen LogP contribution in [0.1, 0.15) is 35.0 Å². The van der Waals surface area contributed by atoms with Gasteiger partial charge in [0, 0.05) is 18.7 Å². The van der Waals surface area contributed by atoms with E-state index in [-0.39, 0.29) is 29.2 Å². The summed E-state index contributed by atoms with van der Waals surface area (Å²) in [5.74, 6) is -0.572. The first-order chi connectivity index (χ1) is 14.4. The molecule has 0 unspecified atom stereocenters. The summed E-state index contributed by atoms with van der Waals surface area (Å²) < 4.78 is 29.9. The third-order valence-electron chi connectivity index (χ3n) is 5.52. The zero-order valence-electron chi connectivity index (χ0n) is 16.7. The van der Waals surface area contributed by atoms with Gasteiger partial charge in [0.05, 0.1) is 16.9 Å². The lowest BCUT2D eigenvalue weighted by Crippen LogP contribution is -2.40. The summed E-state index contributed by atoms with van der Waals surface area (Å²) in [5, 5.41) is 0.434. The largest absolute Gasteiger partial charge is 0.451 e. The predicted molar refractivity (Wildman–Crippen MR) is 115 cm³/mol. The molecular formula is C23H23NO5S. The summed E-state index contributed by atoms with van der Waals surface area (Å²) in [6.07, 6.45) is 1.16. The minimum Gasteiger partial charge on any atom is -0.451 e. The number of benzene rings is 2. The van der Waals surface area contributed by atoms with Crippen molar-refractivity contribution in [1.29, 1.82) is 0 Å². The van der Waals surface area contributed by atoms with E-state index in [4.69, 9.17) is 4.42 Å². The van der Waals surface area contributed by atoms with E-state index in [1.807, 2.05) is 43.3 Å². The first-order valence-electron chi connectivity index (χ1n) is 9.98. The molecule has 3 aromatic rings. The molecule has 0 bridgehead atoms. The SMILES string of the molecule is CCc1ccc2oc(C(=O)N(Cc3ccccc3)[C@H]3CCS(=O)(=O)C3)cc(=O)c2c1. The Labute approximate surface area is 175 Å². The lowest BCUT2D eigenvalue weighted by molar-refractivity contribution is 0.0648. The van der Waals surface area contributed by atoms with Gasteiger partial charge >= 0.3 is 0 Å². The van der Waals surface area contributed by atoms with E-state index in [0.717, 1.165) is 17.5 Å². The topological polar surface area (TPSA) is 84.7 Å². The second-order valence-electron chi connectivity index (χ2n) is 7.63. The number of rotatable bonds is 5. The summed E-state index contributed by atoms with van der Waals surface area (Å²) >= 11 is 0. The van der Waals surface area contributed by atoms with Gasteiger partial charge in [-0.15, -0.1) is 0 Å². The van der Waals surface area contributed by atoms with Crippen LogP contribution in [0.3, 0.4) is 0 Å². The van der Waals surface area contributed by atoms with E-state index in [1.165, 1.54) is 11.0 Å². The Morgan fingerprint density at radius 1 is 1.10 bits per heavy atom. The van der Waals surface area contributed by atoms with Crippen LogP contribution in [0.4, 0.5) is 0 Å². The van der Waals surface area contributed by atoms with E-state index in [9.17, 15) is 18.0 Å². The van der Waals surface area contributed by atoms with Crippen LogP contribution in [0.5, 0.6) is 0 Å². The summed E-state index contributed by atoms with van der Waals surface area (Å²) in [6.45, 7) is 2.24. The van der Waals surface area contributed by atoms with E-state index in [1.54, 1.807) is 12.1 Å².